The van der Waals surface area contributed by atoms with Crippen LogP contribution >= 0.6 is 11.3 Å². The van der Waals surface area contributed by atoms with Crippen LogP contribution in [0, 0.1) is 0 Å². The molecule has 0 spiro atoms. The molecule has 0 aliphatic carbocycles. The fourth-order valence-corrected chi connectivity index (χ4v) is 3.03. The first kappa shape index (κ1) is 13.8. The summed E-state index contributed by atoms with van der Waals surface area (Å²) in [6.45, 7) is 0.760. The zero-order valence-corrected chi connectivity index (χ0v) is 12.3. The van der Waals surface area contributed by atoms with Gasteiger partial charge in [-0.25, -0.2) is 0 Å². The number of hydrogen-bond acceptors (Lipinski definition) is 4. The molecule has 0 atom stereocenters. The molecule has 0 saturated carbocycles. The summed E-state index contributed by atoms with van der Waals surface area (Å²) >= 11 is 1.54. The Morgan fingerprint density at radius 1 is 1.24 bits per heavy atom. The lowest BCUT2D eigenvalue weighted by Gasteiger charge is -2.15. The van der Waals surface area contributed by atoms with Crippen molar-refractivity contribution in [2.75, 3.05) is 11.4 Å². The lowest BCUT2D eigenvalue weighted by atomic mass is 10.3. The SMILES string of the molecule is O=C(Cc1cccs1)Oc1ccc(N2CCCC2=O)cc1. The minimum absolute atomic E-state index is 0.150. The Morgan fingerprint density at radius 2 is 2.05 bits per heavy atom. The summed E-state index contributed by atoms with van der Waals surface area (Å²) in [6, 6.07) is 10.9. The number of hydrogen-bond donors (Lipinski definition) is 0. The Labute approximate surface area is 127 Å². The van der Waals surface area contributed by atoms with Crippen molar-refractivity contribution in [1.82, 2.24) is 0 Å². The molecule has 21 heavy (non-hydrogen) atoms. The normalized spacial score (nSPS) is 14.5. The second kappa shape index (κ2) is 6.10. The zero-order chi connectivity index (χ0) is 14.7. The largest absolute Gasteiger partial charge is 0.426 e. The van der Waals surface area contributed by atoms with E-state index in [0.29, 0.717) is 12.2 Å². The van der Waals surface area contributed by atoms with Crippen molar-refractivity contribution >= 4 is 28.9 Å². The van der Waals surface area contributed by atoms with Crippen molar-refractivity contribution in [3.05, 3.63) is 46.7 Å². The average molecular weight is 301 g/mol. The average Bonchev–Trinajstić information content (AvgIpc) is 3.11. The van der Waals surface area contributed by atoms with Gasteiger partial charge in [-0.2, -0.15) is 0 Å². The highest BCUT2D eigenvalue weighted by Crippen LogP contribution is 2.24. The van der Waals surface area contributed by atoms with E-state index in [-0.39, 0.29) is 18.3 Å². The van der Waals surface area contributed by atoms with Crippen LogP contribution in [0.5, 0.6) is 5.75 Å². The standard InChI is InChI=1S/C16H15NO3S/c18-15-4-1-9-17(15)12-5-7-13(8-6-12)20-16(19)11-14-3-2-10-21-14/h2-3,5-8,10H,1,4,9,11H2. The van der Waals surface area contributed by atoms with Gasteiger partial charge in [-0.15, -0.1) is 11.3 Å². The lowest BCUT2D eigenvalue weighted by Crippen LogP contribution is -2.23. The molecule has 1 aliphatic rings. The molecule has 0 bridgehead atoms. The molecule has 0 radical (unpaired) electrons. The molecular formula is C16H15NO3S. The van der Waals surface area contributed by atoms with Crippen LogP contribution in [0.15, 0.2) is 41.8 Å². The fourth-order valence-electron chi connectivity index (χ4n) is 2.34. The smallest absolute Gasteiger partial charge is 0.316 e. The molecule has 1 aromatic carbocycles. The Bertz CT molecular complexity index is 634. The van der Waals surface area contributed by atoms with Crippen LogP contribution in [0.4, 0.5) is 5.69 Å². The predicted molar refractivity (Wildman–Crippen MR) is 81.7 cm³/mol. The van der Waals surface area contributed by atoms with E-state index in [0.717, 1.165) is 23.5 Å². The summed E-state index contributed by atoms with van der Waals surface area (Å²) in [5, 5.41) is 1.93. The molecule has 1 saturated heterocycles. The summed E-state index contributed by atoms with van der Waals surface area (Å²) in [6.07, 6.45) is 1.79. The van der Waals surface area contributed by atoms with Gasteiger partial charge in [0, 0.05) is 23.5 Å². The number of ether oxygens (including phenoxy) is 1. The molecule has 0 N–H and O–H groups in total. The minimum atomic E-state index is -0.276. The molecule has 2 aromatic rings. The second-order valence-electron chi connectivity index (χ2n) is 4.87. The van der Waals surface area contributed by atoms with Crippen LogP contribution < -0.4 is 9.64 Å². The zero-order valence-electron chi connectivity index (χ0n) is 11.5. The summed E-state index contributed by atoms with van der Waals surface area (Å²) in [5.41, 5.74) is 0.857. The van der Waals surface area contributed by atoms with Gasteiger partial charge in [-0.3, -0.25) is 9.59 Å². The van der Waals surface area contributed by atoms with Crippen LogP contribution in [0.25, 0.3) is 0 Å². The number of rotatable bonds is 4. The van der Waals surface area contributed by atoms with E-state index >= 15 is 0 Å². The van der Waals surface area contributed by atoms with Crippen LogP contribution in [-0.2, 0) is 16.0 Å². The monoisotopic (exact) mass is 301 g/mol. The molecule has 1 aliphatic heterocycles. The van der Waals surface area contributed by atoms with Crippen LogP contribution in [-0.4, -0.2) is 18.4 Å². The van der Waals surface area contributed by atoms with Gasteiger partial charge >= 0.3 is 5.97 Å². The van der Waals surface area contributed by atoms with Gasteiger partial charge in [-0.05, 0) is 42.1 Å². The van der Waals surface area contributed by atoms with E-state index in [2.05, 4.69) is 0 Å². The van der Waals surface area contributed by atoms with Crippen molar-refractivity contribution in [2.24, 2.45) is 0 Å². The highest BCUT2D eigenvalue weighted by Gasteiger charge is 2.21. The van der Waals surface area contributed by atoms with Crippen molar-refractivity contribution in [2.45, 2.75) is 19.3 Å². The summed E-state index contributed by atoms with van der Waals surface area (Å²) in [4.78, 5) is 26.2. The van der Waals surface area contributed by atoms with Crippen LogP contribution in [0.1, 0.15) is 17.7 Å². The van der Waals surface area contributed by atoms with Gasteiger partial charge in [0.1, 0.15) is 5.75 Å². The van der Waals surface area contributed by atoms with E-state index in [1.807, 2.05) is 29.6 Å². The van der Waals surface area contributed by atoms with E-state index in [4.69, 9.17) is 4.74 Å². The highest BCUT2D eigenvalue weighted by molar-refractivity contribution is 7.10. The molecule has 0 unspecified atom stereocenters. The maximum atomic E-state index is 11.8. The van der Waals surface area contributed by atoms with Gasteiger partial charge in [0.15, 0.2) is 0 Å². The highest BCUT2D eigenvalue weighted by atomic mass is 32.1. The van der Waals surface area contributed by atoms with E-state index in [9.17, 15) is 9.59 Å². The number of carbonyl (C=O) groups is 2. The van der Waals surface area contributed by atoms with E-state index < -0.39 is 0 Å². The van der Waals surface area contributed by atoms with Crippen LogP contribution in [0.2, 0.25) is 0 Å². The lowest BCUT2D eigenvalue weighted by molar-refractivity contribution is -0.133. The quantitative estimate of drug-likeness (QED) is 0.644. The maximum Gasteiger partial charge on any atom is 0.316 e. The molecule has 4 nitrogen and oxygen atoms in total. The Morgan fingerprint density at radius 3 is 2.67 bits per heavy atom. The third-order valence-electron chi connectivity index (χ3n) is 3.35. The summed E-state index contributed by atoms with van der Waals surface area (Å²) in [7, 11) is 0. The van der Waals surface area contributed by atoms with Gasteiger partial charge in [0.05, 0.1) is 6.42 Å². The number of nitrogens with zero attached hydrogens (tertiary/aromatic N) is 1. The third kappa shape index (κ3) is 3.31. The molecule has 108 valence electrons. The molecule has 1 amide bonds. The first-order chi connectivity index (χ1) is 10.2. The van der Waals surface area contributed by atoms with Crippen molar-refractivity contribution in [1.29, 1.82) is 0 Å². The van der Waals surface area contributed by atoms with Gasteiger partial charge < -0.3 is 9.64 Å². The molecule has 1 aromatic heterocycles. The number of benzene rings is 1. The first-order valence-corrected chi connectivity index (χ1v) is 7.74. The maximum absolute atomic E-state index is 11.8. The molecule has 1 fully saturated rings. The van der Waals surface area contributed by atoms with Crippen molar-refractivity contribution in [3.8, 4) is 5.75 Å². The molecule has 3 rings (SSSR count). The van der Waals surface area contributed by atoms with Gasteiger partial charge in [-0.1, -0.05) is 6.07 Å². The third-order valence-corrected chi connectivity index (χ3v) is 4.23. The number of carbonyl (C=O) groups excluding carboxylic acids is 2. The van der Waals surface area contributed by atoms with Gasteiger partial charge in [0.25, 0.3) is 0 Å². The first-order valence-electron chi connectivity index (χ1n) is 6.86. The second-order valence-corrected chi connectivity index (χ2v) is 5.91. The summed E-state index contributed by atoms with van der Waals surface area (Å²) in [5.74, 6) is 0.381. The topological polar surface area (TPSA) is 46.6 Å². The van der Waals surface area contributed by atoms with Crippen molar-refractivity contribution in [3.63, 3.8) is 0 Å². The number of thiophene rings is 1. The number of amides is 1. The van der Waals surface area contributed by atoms with E-state index in [1.54, 1.807) is 17.0 Å². The predicted octanol–water partition coefficient (Wildman–Crippen LogP) is 3.02. The van der Waals surface area contributed by atoms with Crippen LogP contribution in [0.3, 0.4) is 0 Å². The van der Waals surface area contributed by atoms with E-state index in [1.165, 1.54) is 11.3 Å². The van der Waals surface area contributed by atoms with Crippen molar-refractivity contribution < 1.29 is 14.3 Å². The fraction of sp³-hybridized carbons (Fsp3) is 0.250. The Balaban J connectivity index is 1.61. The summed E-state index contributed by atoms with van der Waals surface area (Å²) < 4.78 is 5.30. The van der Waals surface area contributed by atoms with Gasteiger partial charge in [0.2, 0.25) is 5.91 Å². The minimum Gasteiger partial charge on any atom is -0.426 e. The Hall–Kier alpha value is -2.14. The number of anilines is 1. The molecular weight excluding hydrogens is 286 g/mol. The number of esters is 1. The Kier molecular flexibility index (Phi) is 4.01. The molecule has 2 heterocycles. The molecule has 5 heteroatoms.